The molecule has 1 saturated heterocycles. The zero-order valence-corrected chi connectivity index (χ0v) is 10.6. The quantitative estimate of drug-likeness (QED) is 0.796. The number of rotatable bonds is 5. The highest BCUT2D eigenvalue weighted by Gasteiger charge is 2.15. The maximum Gasteiger partial charge on any atom is 0.0669 e. The number of nitrogens with one attached hydrogen (secondary N) is 1. The second-order valence-corrected chi connectivity index (χ2v) is 5.22. The fourth-order valence-corrected chi connectivity index (χ4v) is 2.97. The molecule has 0 saturated carbocycles. The molecule has 1 atom stereocenters. The summed E-state index contributed by atoms with van der Waals surface area (Å²) in [5.41, 5.74) is 1.35. The SMILES string of the molecule is CNCc1cccc(SCC2CCCO2)c1. The van der Waals surface area contributed by atoms with Gasteiger partial charge in [-0.25, -0.2) is 0 Å². The van der Waals surface area contributed by atoms with Crippen LogP contribution in [0.15, 0.2) is 29.2 Å². The monoisotopic (exact) mass is 237 g/mol. The van der Waals surface area contributed by atoms with Crippen LogP contribution in [0.4, 0.5) is 0 Å². The molecule has 88 valence electrons. The first-order valence-electron chi connectivity index (χ1n) is 5.86. The van der Waals surface area contributed by atoms with E-state index in [0.717, 1.165) is 18.9 Å². The van der Waals surface area contributed by atoms with Crippen LogP contribution in [0.5, 0.6) is 0 Å². The minimum absolute atomic E-state index is 0.470. The molecule has 0 amide bonds. The third-order valence-corrected chi connectivity index (χ3v) is 3.86. The predicted octanol–water partition coefficient (Wildman–Crippen LogP) is 2.68. The molecule has 0 radical (unpaired) electrons. The van der Waals surface area contributed by atoms with Gasteiger partial charge in [0.05, 0.1) is 6.10 Å². The topological polar surface area (TPSA) is 21.3 Å². The molecule has 1 N–H and O–H groups in total. The zero-order chi connectivity index (χ0) is 11.2. The Morgan fingerprint density at radius 3 is 3.19 bits per heavy atom. The first kappa shape index (κ1) is 12.0. The molecular weight excluding hydrogens is 218 g/mol. The van der Waals surface area contributed by atoms with Crippen molar-refractivity contribution in [1.29, 1.82) is 0 Å². The summed E-state index contributed by atoms with van der Waals surface area (Å²) in [6.07, 6.45) is 2.92. The standard InChI is InChI=1S/C13H19NOS/c1-14-9-11-4-2-6-13(8-11)16-10-12-5-3-7-15-12/h2,4,6,8,12,14H,3,5,7,9-10H2,1H3. The Morgan fingerprint density at radius 2 is 2.44 bits per heavy atom. The lowest BCUT2D eigenvalue weighted by atomic mass is 10.2. The van der Waals surface area contributed by atoms with Crippen LogP contribution in [-0.2, 0) is 11.3 Å². The molecule has 1 heterocycles. The van der Waals surface area contributed by atoms with Crippen LogP contribution in [0.2, 0.25) is 0 Å². The van der Waals surface area contributed by atoms with Crippen LogP contribution in [0.1, 0.15) is 18.4 Å². The van der Waals surface area contributed by atoms with Crippen molar-refractivity contribution in [3.63, 3.8) is 0 Å². The summed E-state index contributed by atoms with van der Waals surface area (Å²) in [4.78, 5) is 1.35. The van der Waals surface area contributed by atoms with E-state index in [0.29, 0.717) is 6.10 Å². The molecule has 0 spiro atoms. The normalized spacial score (nSPS) is 20.2. The average molecular weight is 237 g/mol. The molecule has 1 aliphatic heterocycles. The van der Waals surface area contributed by atoms with Crippen molar-refractivity contribution in [3.05, 3.63) is 29.8 Å². The molecule has 0 aromatic heterocycles. The van der Waals surface area contributed by atoms with Crippen molar-refractivity contribution in [1.82, 2.24) is 5.32 Å². The van der Waals surface area contributed by atoms with Gasteiger partial charge in [-0.3, -0.25) is 0 Å². The number of benzene rings is 1. The van der Waals surface area contributed by atoms with Gasteiger partial charge in [0.25, 0.3) is 0 Å². The molecule has 16 heavy (non-hydrogen) atoms. The van der Waals surface area contributed by atoms with Crippen molar-refractivity contribution in [2.75, 3.05) is 19.4 Å². The minimum Gasteiger partial charge on any atom is -0.377 e. The van der Waals surface area contributed by atoms with E-state index < -0.39 is 0 Å². The summed E-state index contributed by atoms with van der Waals surface area (Å²) in [6, 6.07) is 8.73. The van der Waals surface area contributed by atoms with Crippen LogP contribution >= 0.6 is 11.8 Å². The Bertz CT molecular complexity index is 323. The summed E-state index contributed by atoms with van der Waals surface area (Å²) in [6.45, 7) is 1.89. The van der Waals surface area contributed by atoms with Crippen LogP contribution in [0, 0.1) is 0 Å². The fourth-order valence-electron chi connectivity index (χ4n) is 1.91. The van der Waals surface area contributed by atoms with Gasteiger partial charge in [0.15, 0.2) is 0 Å². The second kappa shape index (κ2) is 6.28. The molecule has 3 heteroatoms. The first-order chi connectivity index (χ1) is 7.88. The van der Waals surface area contributed by atoms with Crippen molar-refractivity contribution >= 4 is 11.8 Å². The van der Waals surface area contributed by atoms with E-state index in [-0.39, 0.29) is 0 Å². The highest BCUT2D eigenvalue weighted by atomic mass is 32.2. The van der Waals surface area contributed by atoms with Gasteiger partial charge >= 0.3 is 0 Å². The molecule has 1 unspecified atom stereocenters. The molecule has 1 aliphatic rings. The van der Waals surface area contributed by atoms with E-state index >= 15 is 0 Å². The van der Waals surface area contributed by atoms with Crippen molar-refractivity contribution in [3.8, 4) is 0 Å². The van der Waals surface area contributed by atoms with Gasteiger partial charge in [-0.1, -0.05) is 12.1 Å². The fraction of sp³-hybridized carbons (Fsp3) is 0.538. The number of hydrogen-bond donors (Lipinski definition) is 1. The van der Waals surface area contributed by atoms with Gasteiger partial charge in [0, 0.05) is 23.8 Å². The molecular formula is C13H19NOS. The molecule has 0 aliphatic carbocycles. The van der Waals surface area contributed by atoms with Crippen molar-refractivity contribution in [2.45, 2.75) is 30.4 Å². The second-order valence-electron chi connectivity index (χ2n) is 4.12. The number of hydrogen-bond acceptors (Lipinski definition) is 3. The van der Waals surface area contributed by atoms with Gasteiger partial charge in [-0.15, -0.1) is 11.8 Å². The highest BCUT2D eigenvalue weighted by molar-refractivity contribution is 7.99. The Hall–Kier alpha value is -0.510. The van der Waals surface area contributed by atoms with Crippen LogP contribution in [0.25, 0.3) is 0 Å². The third kappa shape index (κ3) is 3.51. The molecule has 1 aromatic carbocycles. The Balaban J connectivity index is 1.85. The molecule has 0 bridgehead atoms. The van der Waals surface area contributed by atoms with Crippen molar-refractivity contribution in [2.24, 2.45) is 0 Å². The first-order valence-corrected chi connectivity index (χ1v) is 6.85. The van der Waals surface area contributed by atoms with E-state index in [4.69, 9.17) is 4.74 Å². The number of ether oxygens (including phenoxy) is 1. The number of thioether (sulfide) groups is 1. The summed E-state index contributed by atoms with van der Waals surface area (Å²) >= 11 is 1.90. The molecule has 1 fully saturated rings. The van der Waals surface area contributed by atoms with E-state index in [9.17, 15) is 0 Å². The predicted molar refractivity (Wildman–Crippen MR) is 68.9 cm³/mol. The summed E-state index contributed by atoms with van der Waals surface area (Å²) in [5.74, 6) is 1.09. The largest absolute Gasteiger partial charge is 0.377 e. The van der Waals surface area contributed by atoms with Gasteiger partial charge in [-0.05, 0) is 37.6 Å². The van der Waals surface area contributed by atoms with Gasteiger partial charge in [-0.2, -0.15) is 0 Å². The summed E-state index contributed by atoms with van der Waals surface area (Å²) < 4.78 is 5.62. The lowest BCUT2D eigenvalue weighted by Gasteiger charge is -2.09. The Kier molecular flexibility index (Phi) is 4.69. The van der Waals surface area contributed by atoms with Gasteiger partial charge in [0.1, 0.15) is 0 Å². The maximum atomic E-state index is 5.62. The van der Waals surface area contributed by atoms with Crippen LogP contribution in [-0.4, -0.2) is 25.5 Å². The maximum absolute atomic E-state index is 5.62. The lowest BCUT2D eigenvalue weighted by molar-refractivity contribution is 0.129. The van der Waals surface area contributed by atoms with Crippen molar-refractivity contribution < 1.29 is 4.74 Å². The summed E-state index contributed by atoms with van der Waals surface area (Å²) in [7, 11) is 1.98. The molecule has 2 nitrogen and oxygen atoms in total. The highest BCUT2D eigenvalue weighted by Crippen LogP contribution is 2.24. The van der Waals surface area contributed by atoms with Crippen LogP contribution in [0.3, 0.4) is 0 Å². The van der Waals surface area contributed by atoms with E-state index in [1.165, 1.54) is 23.3 Å². The van der Waals surface area contributed by atoms with E-state index in [1.54, 1.807) is 0 Å². The summed E-state index contributed by atoms with van der Waals surface area (Å²) in [5, 5.41) is 3.17. The Morgan fingerprint density at radius 1 is 1.50 bits per heavy atom. The van der Waals surface area contributed by atoms with Crippen LogP contribution < -0.4 is 5.32 Å². The zero-order valence-electron chi connectivity index (χ0n) is 9.74. The average Bonchev–Trinajstić information content (AvgIpc) is 2.80. The van der Waals surface area contributed by atoms with E-state index in [2.05, 4.69) is 29.6 Å². The lowest BCUT2D eigenvalue weighted by Crippen LogP contribution is -2.08. The third-order valence-electron chi connectivity index (χ3n) is 2.74. The smallest absolute Gasteiger partial charge is 0.0669 e. The minimum atomic E-state index is 0.470. The molecule has 1 aromatic rings. The van der Waals surface area contributed by atoms with E-state index in [1.807, 2.05) is 18.8 Å². The molecule has 2 rings (SSSR count). The van der Waals surface area contributed by atoms with Gasteiger partial charge < -0.3 is 10.1 Å². The Labute approximate surface area is 102 Å². The van der Waals surface area contributed by atoms with Gasteiger partial charge in [0.2, 0.25) is 0 Å².